The molecular formula is C33H56N4O. The van der Waals surface area contributed by atoms with Crippen LogP contribution in [0.3, 0.4) is 0 Å². The van der Waals surface area contributed by atoms with Gasteiger partial charge in [-0.1, -0.05) is 64.2 Å². The molecule has 1 amide bonds. The molecule has 214 valence electrons. The summed E-state index contributed by atoms with van der Waals surface area (Å²) in [5, 5.41) is 0. The maximum absolute atomic E-state index is 14.0. The Morgan fingerprint density at radius 2 is 1.47 bits per heavy atom. The highest BCUT2D eigenvalue weighted by Crippen LogP contribution is 2.41. The standard InChI is InChI=1S/C33H56N4O/c1-28(2)29-17-19-30(20-18-29)35-25-21-33(22-26-35)32(38)36(27-37(33)31-15-11-10-12-16-31)24-14-9-7-5-6-8-13-23-34(3)4/h10-12,15-16,28-30H,5-9,13-14,17-27H2,1-4H3. The van der Waals surface area contributed by atoms with Crippen LogP contribution >= 0.6 is 0 Å². The lowest BCUT2D eigenvalue weighted by Gasteiger charge is -2.47. The second kappa shape index (κ2) is 14.2. The first-order valence-corrected chi connectivity index (χ1v) is 15.9. The van der Waals surface area contributed by atoms with E-state index >= 15 is 0 Å². The van der Waals surface area contributed by atoms with Gasteiger partial charge < -0.3 is 19.6 Å². The molecule has 4 rings (SSSR count). The molecule has 0 aromatic heterocycles. The molecule has 1 spiro atoms. The molecule has 1 saturated carbocycles. The summed E-state index contributed by atoms with van der Waals surface area (Å²) >= 11 is 0. The number of likely N-dealkylation sites (tertiary alicyclic amines) is 1. The Bertz CT molecular complexity index is 825. The number of rotatable bonds is 13. The first-order chi connectivity index (χ1) is 18.4. The summed E-state index contributed by atoms with van der Waals surface area (Å²) in [6, 6.07) is 11.5. The van der Waals surface area contributed by atoms with Crippen LogP contribution in [-0.2, 0) is 4.79 Å². The largest absolute Gasteiger partial charge is 0.339 e. The Kier molecular flexibility index (Phi) is 11.0. The van der Waals surface area contributed by atoms with Crippen LogP contribution in [0.4, 0.5) is 5.69 Å². The molecule has 2 aliphatic heterocycles. The van der Waals surface area contributed by atoms with Gasteiger partial charge in [0.05, 0.1) is 6.67 Å². The summed E-state index contributed by atoms with van der Waals surface area (Å²) in [5.41, 5.74) is 0.867. The number of piperidine rings is 1. The van der Waals surface area contributed by atoms with E-state index in [1.165, 1.54) is 76.4 Å². The number of amides is 1. The number of para-hydroxylation sites is 1. The first-order valence-electron chi connectivity index (χ1n) is 15.9. The third kappa shape index (κ3) is 7.33. The fourth-order valence-electron chi connectivity index (χ4n) is 7.38. The molecule has 3 aliphatic rings. The fraction of sp³-hybridized carbons (Fsp3) is 0.788. The maximum atomic E-state index is 14.0. The van der Waals surface area contributed by atoms with Crippen LogP contribution in [-0.4, -0.2) is 79.1 Å². The Labute approximate surface area is 233 Å². The van der Waals surface area contributed by atoms with Crippen molar-refractivity contribution >= 4 is 11.6 Å². The molecule has 5 heteroatoms. The van der Waals surface area contributed by atoms with Crippen molar-refractivity contribution in [1.29, 1.82) is 0 Å². The molecule has 5 nitrogen and oxygen atoms in total. The number of nitrogens with zero attached hydrogens (tertiary/aromatic N) is 4. The third-order valence-electron chi connectivity index (χ3n) is 9.94. The van der Waals surface area contributed by atoms with E-state index in [4.69, 9.17) is 0 Å². The highest BCUT2D eigenvalue weighted by molar-refractivity contribution is 5.93. The summed E-state index contributed by atoms with van der Waals surface area (Å²) in [6.45, 7) is 9.77. The van der Waals surface area contributed by atoms with E-state index in [0.717, 1.165) is 63.4 Å². The minimum absolute atomic E-state index is 0.348. The molecule has 2 heterocycles. The fourth-order valence-corrected chi connectivity index (χ4v) is 7.38. The molecule has 1 aromatic rings. The van der Waals surface area contributed by atoms with Crippen LogP contribution in [0.25, 0.3) is 0 Å². The topological polar surface area (TPSA) is 30.0 Å². The van der Waals surface area contributed by atoms with E-state index in [2.05, 4.69) is 77.9 Å². The van der Waals surface area contributed by atoms with Crippen molar-refractivity contribution in [1.82, 2.24) is 14.7 Å². The van der Waals surface area contributed by atoms with Crippen molar-refractivity contribution in [3.63, 3.8) is 0 Å². The third-order valence-corrected chi connectivity index (χ3v) is 9.94. The van der Waals surface area contributed by atoms with Crippen molar-refractivity contribution < 1.29 is 4.79 Å². The van der Waals surface area contributed by atoms with Crippen LogP contribution < -0.4 is 4.90 Å². The van der Waals surface area contributed by atoms with Gasteiger partial charge in [0.1, 0.15) is 5.54 Å². The van der Waals surface area contributed by atoms with Gasteiger partial charge in [-0.15, -0.1) is 0 Å². The molecule has 1 aromatic carbocycles. The summed E-state index contributed by atoms with van der Waals surface area (Å²) < 4.78 is 0. The first kappa shape index (κ1) is 29.4. The van der Waals surface area contributed by atoms with E-state index in [1.807, 2.05) is 0 Å². The van der Waals surface area contributed by atoms with E-state index in [0.29, 0.717) is 5.91 Å². The molecule has 0 unspecified atom stereocenters. The molecule has 38 heavy (non-hydrogen) atoms. The van der Waals surface area contributed by atoms with Gasteiger partial charge in [0, 0.05) is 31.4 Å². The van der Waals surface area contributed by atoms with Crippen LogP contribution in [0, 0.1) is 11.8 Å². The predicted octanol–water partition coefficient (Wildman–Crippen LogP) is 6.63. The molecule has 0 radical (unpaired) electrons. The van der Waals surface area contributed by atoms with Gasteiger partial charge in [0.2, 0.25) is 5.91 Å². The number of hydrogen-bond donors (Lipinski definition) is 0. The Morgan fingerprint density at radius 1 is 0.868 bits per heavy atom. The number of hydrogen-bond acceptors (Lipinski definition) is 4. The maximum Gasteiger partial charge on any atom is 0.250 e. The van der Waals surface area contributed by atoms with Crippen molar-refractivity contribution in [3.8, 4) is 0 Å². The van der Waals surface area contributed by atoms with E-state index in [9.17, 15) is 4.79 Å². The molecule has 0 atom stereocenters. The molecule has 0 bridgehead atoms. The Balaban J connectivity index is 1.28. The Morgan fingerprint density at radius 3 is 2.08 bits per heavy atom. The second-order valence-corrected chi connectivity index (χ2v) is 13.1. The van der Waals surface area contributed by atoms with E-state index in [1.54, 1.807) is 0 Å². The van der Waals surface area contributed by atoms with Gasteiger partial charge in [-0.2, -0.15) is 0 Å². The normalized spacial score (nSPS) is 24.3. The molecule has 0 N–H and O–H groups in total. The Hall–Kier alpha value is -1.59. The van der Waals surface area contributed by atoms with E-state index < -0.39 is 0 Å². The van der Waals surface area contributed by atoms with Gasteiger partial charge in [0.25, 0.3) is 0 Å². The van der Waals surface area contributed by atoms with Crippen molar-refractivity contribution in [2.24, 2.45) is 11.8 Å². The van der Waals surface area contributed by atoms with Crippen molar-refractivity contribution in [2.75, 3.05) is 51.8 Å². The van der Waals surface area contributed by atoms with Crippen LogP contribution in [0.15, 0.2) is 30.3 Å². The number of anilines is 1. The monoisotopic (exact) mass is 524 g/mol. The second-order valence-electron chi connectivity index (χ2n) is 13.1. The molecule has 2 saturated heterocycles. The molecule has 1 aliphatic carbocycles. The summed E-state index contributed by atoms with van der Waals surface area (Å²) in [7, 11) is 4.31. The predicted molar refractivity (Wildman–Crippen MR) is 160 cm³/mol. The van der Waals surface area contributed by atoms with Gasteiger partial charge in [-0.05, 0) is 96.0 Å². The van der Waals surface area contributed by atoms with Crippen molar-refractivity contribution in [2.45, 2.75) is 109 Å². The lowest BCUT2D eigenvalue weighted by molar-refractivity contribution is -0.134. The summed E-state index contributed by atoms with van der Waals surface area (Å²) in [6.07, 6.45) is 16.4. The minimum atomic E-state index is -0.348. The van der Waals surface area contributed by atoms with Gasteiger partial charge in [-0.25, -0.2) is 0 Å². The van der Waals surface area contributed by atoms with Crippen molar-refractivity contribution in [3.05, 3.63) is 30.3 Å². The quantitative estimate of drug-likeness (QED) is 0.271. The highest BCUT2D eigenvalue weighted by atomic mass is 16.2. The zero-order valence-corrected chi connectivity index (χ0v) is 25.0. The lowest BCUT2D eigenvalue weighted by Crippen LogP contribution is -2.58. The number of carbonyl (C=O) groups excluding carboxylic acids is 1. The van der Waals surface area contributed by atoms with Gasteiger partial charge in [-0.3, -0.25) is 4.79 Å². The SMILES string of the molecule is CC(C)C1CCC(N2CCC3(CC2)C(=O)N(CCCCCCCCCN(C)C)CN3c2ccccc2)CC1. The number of carbonyl (C=O) groups is 1. The molecule has 3 fully saturated rings. The van der Waals surface area contributed by atoms with Gasteiger partial charge >= 0.3 is 0 Å². The average Bonchev–Trinajstić information content (AvgIpc) is 3.19. The number of benzene rings is 1. The smallest absolute Gasteiger partial charge is 0.250 e. The minimum Gasteiger partial charge on any atom is -0.339 e. The van der Waals surface area contributed by atoms with Gasteiger partial charge in [0.15, 0.2) is 0 Å². The average molecular weight is 525 g/mol. The molecular weight excluding hydrogens is 468 g/mol. The summed E-state index contributed by atoms with van der Waals surface area (Å²) in [5.74, 6) is 2.12. The zero-order valence-electron chi connectivity index (χ0n) is 25.0. The lowest BCUT2D eigenvalue weighted by atomic mass is 9.78. The van der Waals surface area contributed by atoms with Crippen LogP contribution in [0.1, 0.15) is 97.3 Å². The van der Waals surface area contributed by atoms with Crippen LogP contribution in [0.5, 0.6) is 0 Å². The zero-order chi connectivity index (χ0) is 27.0. The number of unbranched alkanes of at least 4 members (excludes halogenated alkanes) is 6. The van der Waals surface area contributed by atoms with Crippen LogP contribution in [0.2, 0.25) is 0 Å². The van der Waals surface area contributed by atoms with E-state index in [-0.39, 0.29) is 5.54 Å². The highest BCUT2D eigenvalue weighted by Gasteiger charge is 2.53. The summed E-state index contributed by atoms with van der Waals surface area (Å²) in [4.78, 5) is 23.7.